The van der Waals surface area contributed by atoms with Crippen molar-refractivity contribution < 1.29 is 22.4 Å². The number of fused-ring (bicyclic) bond motifs is 2. The zero-order chi connectivity index (χ0) is 24.0. The molecule has 0 spiro atoms. The predicted molar refractivity (Wildman–Crippen MR) is 129 cm³/mol. The third-order valence-corrected chi connectivity index (χ3v) is 8.47. The van der Waals surface area contributed by atoms with Crippen LogP contribution < -0.4 is 10.6 Å². The highest BCUT2D eigenvalue weighted by Gasteiger charge is 2.33. The van der Waals surface area contributed by atoms with Gasteiger partial charge in [-0.2, -0.15) is 0 Å². The summed E-state index contributed by atoms with van der Waals surface area (Å²) >= 11 is 2.52. The Balaban J connectivity index is 1.30. The van der Waals surface area contributed by atoms with Gasteiger partial charge in [-0.1, -0.05) is 11.3 Å². The van der Waals surface area contributed by atoms with Gasteiger partial charge in [-0.15, -0.1) is 11.3 Å². The topological polar surface area (TPSA) is 118 Å². The van der Waals surface area contributed by atoms with Crippen molar-refractivity contribution in [2.24, 2.45) is 0 Å². The van der Waals surface area contributed by atoms with Crippen LogP contribution in [0.3, 0.4) is 0 Å². The van der Waals surface area contributed by atoms with Crippen LogP contribution in [0.2, 0.25) is 0 Å². The quantitative estimate of drug-likeness (QED) is 0.410. The molecule has 8 nitrogen and oxygen atoms in total. The van der Waals surface area contributed by atoms with Gasteiger partial charge in [0.05, 0.1) is 26.7 Å². The Morgan fingerprint density at radius 2 is 1.76 bits per heavy atom. The maximum atomic E-state index is 13.1. The number of hydrogen-bond acceptors (Lipinski definition) is 8. The normalized spacial score (nSPS) is 15.3. The number of amides is 2. The van der Waals surface area contributed by atoms with Crippen LogP contribution in [0.4, 0.5) is 14.7 Å². The largest absolute Gasteiger partial charge is 0.301 e. The third-order valence-electron chi connectivity index (χ3n) is 5.38. The number of nitrogens with one attached hydrogen (secondary N) is 2. The average Bonchev–Trinajstić information content (AvgIpc) is 3.46. The van der Waals surface area contributed by atoms with E-state index in [9.17, 15) is 22.4 Å². The van der Waals surface area contributed by atoms with Crippen LogP contribution in [-0.2, 0) is 21.1 Å². The van der Waals surface area contributed by atoms with Crippen LogP contribution in [0.25, 0.3) is 10.2 Å². The molecule has 1 aliphatic rings. The van der Waals surface area contributed by atoms with Crippen molar-refractivity contribution in [2.45, 2.75) is 23.7 Å². The van der Waals surface area contributed by atoms with Gasteiger partial charge in [-0.3, -0.25) is 14.9 Å². The molecule has 0 saturated heterocycles. The van der Waals surface area contributed by atoms with E-state index in [0.717, 1.165) is 11.1 Å². The summed E-state index contributed by atoms with van der Waals surface area (Å²) in [6, 6.07) is 9.84. The minimum atomic E-state index is -3.34. The lowest BCUT2D eigenvalue weighted by molar-refractivity contribution is -0.117. The fourth-order valence-electron chi connectivity index (χ4n) is 3.69. The zero-order valence-corrected chi connectivity index (χ0v) is 20.1. The van der Waals surface area contributed by atoms with E-state index in [1.54, 1.807) is 12.1 Å². The molecule has 174 valence electrons. The van der Waals surface area contributed by atoms with Gasteiger partial charge in [-0.25, -0.2) is 22.8 Å². The Bertz CT molecular complexity index is 1540. The Labute approximate surface area is 201 Å². The number of carbonyl (C=O) groups is 2. The number of aromatic nitrogens is 2. The molecular formula is C22H17FN4O4S3. The number of benzene rings is 2. The van der Waals surface area contributed by atoms with Crippen molar-refractivity contribution in [1.82, 2.24) is 9.97 Å². The van der Waals surface area contributed by atoms with E-state index in [-0.39, 0.29) is 10.8 Å². The van der Waals surface area contributed by atoms with Crippen molar-refractivity contribution in [3.05, 3.63) is 64.4 Å². The first-order chi connectivity index (χ1) is 16.2. The highest BCUT2D eigenvalue weighted by atomic mass is 32.2. The summed E-state index contributed by atoms with van der Waals surface area (Å²) in [6.07, 6.45) is 2.39. The molecule has 1 aliphatic carbocycles. The molecule has 0 bridgehead atoms. The van der Waals surface area contributed by atoms with E-state index >= 15 is 0 Å². The highest BCUT2D eigenvalue weighted by Crippen LogP contribution is 2.39. The Kier molecular flexibility index (Phi) is 5.66. The van der Waals surface area contributed by atoms with Gasteiger partial charge in [-0.05, 0) is 55.3 Å². The lowest BCUT2D eigenvalue weighted by atomic mass is 10.1. The van der Waals surface area contributed by atoms with E-state index in [1.807, 2.05) is 0 Å². The van der Waals surface area contributed by atoms with Crippen molar-refractivity contribution in [2.75, 3.05) is 16.9 Å². The number of anilines is 2. The van der Waals surface area contributed by atoms with Gasteiger partial charge in [0.25, 0.3) is 5.91 Å². The maximum absolute atomic E-state index is 13.1. The van der Waals surface area contributed by atoms with Gasteiger partial charge in [0.15, 0.2) is 20.1 Å². The number of hydrogen-bond donors (Lipinski definition) is 2. The van der Waals surface area contributed by atoms with Crippen LogP contribution in [-0.4, -0.2) is 36.5 Å². The Hall–Kier alpha value is -3.22. The number of nitrogens with zero attached hydrogens (tertiary/aromatic N) is 2. The minimum absolute atomic E-state index is 0.194. The second-order valence-corrected chi connectivity index (χ2v) is 11.9. The molecule has 0 fully saturated rings. The van der Waals surface area contributed by atoms with Gasteiger partial charge < -0.3 is 5.32 Å². The summed E-state index contributed by atoms with van der Waals surface area (Å²) in [6.45, 7) is 0. The number of sulfone groups is 1. The van der Waals surface area contributed by atoms with Gasteiger partial charge >= 0.3 is 0 Å². The Morgan fingerprint density at radius 3 is 2.50 bits per heavy atom. The first-order valence-corrected chi connectivity index (χ1v) is 13.7. The molecule has 2 amide bonds. The van der Waals surface area contributed by atoms with Gasteiger partial charge in [0.2, 0.25) is 5.91 Å². The molecule has 5 rings (SSSR count). The van der Waals surface area contributed by atoms with Crippen LogP contribution in [0.5, 0.6) is 0 Å². The molecule has 12 heteroatoms. The molecule has 2 aromatic heterocycles. The number of halogens is 1. The molecule has 1 atom stereocenters. The van der Waals surface area contributed by atoms with Crippen molar-refractivity contribution >= 4 is 64.8 Å². The van der Waals surface area contributed by atoms with Gasteiger partial charge in [0, 0.05) is 16.7 Å². The van der Waals surface area contributed by atoms with E-state index in [4.69, 9.17) is 0 Å². The van der Waals surface area contributed by atoms with E-state index in [2.05, 4.69) is 20.6 Å². The summed E-state index contributed by atoms with van der Waals surface area (Å²) in [5, 5.41) is 6.27. The number of carbonyl (C=O) groups excluding carboxylic acids is 2. The molecule has 4 aromatic rings. The second kappa shape index (κ2) is 8.53. The smallest absolute Gasteiger partial charge is 0.257 e. The fraction of sp³-hybridized carbons (Fsp3) is 0.182. The average molecular weight is 517 g/mol. The van der Waals surface area contributed by atoms with Crippen LogP contribution in [0, 0.1) is 5.82 Å². The molecule has 2 aromatic carbocycles. The molecule has 0 aliphatic heterocycles. The van der Waals surface area contributed by atoms with E-state index < -0.39 is 27.5 Å². The lowest BCUT2D eigenvalue weighted by Crippen LogP contribution is -2.20. The predicted octanol–water partition coefficient (Wildman–Crippen LogP) is 4.22. The van der Waals surface area contributed by atoms with Crippen molar-refractivity contribution in [3.8, 4) is 0 Å². The molecular weight excluding hydrogens is 499 g/mol. The van der Waals surface area contributed by atoms with Crippen LogP contribution >= 0.6 is 22.7 Å². The highest BCUT2D eigenvalue weighted by molar-refractivity contribution is 7.90. The zero-order valence-electron chi connectivity index (χ0n) is 17.7. The SMILES string of the molecule is CS(=O)(=O)c1ccc2nc(NC(=O)C3CCc4sc(NC(=O)c5ccc(F)cc5)nc43)sc2c1. The molecule has 0 saturated carbocycles. The summed E-state index contributed by atoms with van der Waals surface area (Å²) in [5.41, 5.74) is 1.53. The number of thiazole rings is 2. The summed E-state index contributed by atoms with van der Waals surface area (Å²) < 4.78 is 37.3. The lowest BCUT2D eigenvalue weighted by Gasteiger charge is -2.08. The molecule has 34 heavy (non-hydrogen) atoms. The van der Waals surface area contributed by atoms with E-state index in [0.29, 0.717) is 44.6 Å². The number of rotatable bonds is 5. The van der Waals surface area contributed by atoms with Gasteiger partial charge in [0.1, 0.15) is 5.82 Å². The first-order valence-electron chi connectivity index (χ1n) is 10.2. The first kappa shape index (κ1) is 22.6. The second-order valence-electron chi connectivity index (χ2n) is 7.79. The molecule has 2 heterocycles. The fourth-order valence-corrected chi connectivity index (χ4v) is 6.35. The molecule has 1 unspecified atom stereocenters. The van der Waals surface area contributed by atoms with Crippen LogP contribution in [0.15, 0.2) is 47.4 Å². The minimum Gasteiger partial charge on any atom is -0.301 e. The Morgan fingerprint density at radius 1 is 1.03 bits per heavy atom. The summed E-state index contributed by atoms with van der Waals surface area (Å²) in [4.78, 5) is 35.3. The standard InChI is InChI=1S/C22H17FN4O4S3/c1-34(30,31)13-6-8-15-17(10-13)33-21(24-15)27-20(29)14-7-9-16-18(14)25-22(32-16)26-19(28)11-2-4-12(23)5-3-11/h2-6,8,10,14H,7,9H2,1H3,(H,24,27,29)(H,25,26,28). The number of aryl methyl sites for hydroxylation is 1. The third kappa shape index (κ3) is 4.43. The van der Waals surface area contributed by atoms with Crippen LogP contribution in [0.1, 0.15) is 33.3 Å². The molecule has 0 radical (unpaired) electrons. The van der Waals surface area contributed by atoms with Crippen molar-refractivity contribution in [3.63, 3.8) is 0 Å². The molecule has 2 N–H and O–H groups in total. The van der Waals surface area contributed by atoms with Crippen molar-refractivity contribution in [1.29, 1.82) is 0 Å². The maximum Gasteiger partial charge on any atom is 0.257 e. The van der Waals surface area contributed by atoms with E-state index in [1.165, 1.54) is 53.0 Å². The summed E-state index contributed by atoms with van der Waals surface area (Å²) in [7, 11) is -3.34. The monoisotopic (exact) mass is 516 g/mol. The summed E-state index contributed by atoms with van der Waals surface area (Å²) in [5.74, 6) is -1.58.